The molecule has 9 heteroatoms. The molecular weight excluding hydrogens is 400 g/mol. The highest BCUT2D eigenvalue weighted by Crippen LogP contribution is 2.36. The van der Waals surface area contributed by atoms with Crippen LogP contribution in [0.3, 0.4) is 0 Å². The van der Waals surface area contributed by atoms with Gasteiger partial charge in [-0.15, -0.1) is 0 Å². The maximum atomic E-state index is 12.8. The molecule has 0 bridgehead atoms. The predicted molar refractivity (Wildman–Crippen MR) is 120 cm³/mol. The number of fused-ring (bicyclic) bond motifs is 1. The van der Waals surface area contributed by atoms with Crippen molar-refractivity contribution >= 4 is 23.0 Å². The molecule has 4 rings (SSSR count). The van der Waals surface area contributed by atoms with E-state index in [9.17, 15) is 4.79 Å². The number of aromatic amines is 1. The maximum absolute atomic E-state index is 12.8. The number of aryl methyl sites for hydroxylation is 2. The number of aromatic nitrogens is 4. The topological polar surface area (TPSA) is 102 Å². The zero-order chi connectivity index (χ0) is 21.3. The van der Waals surface area contributed by atoms with Crippen molar-refractivity contribution in [1.82, 2.24) is 24.1 Å². The molecule has 30 heavy (non-hydrogen) atoms. The second-order valence-corrected chi connectivity index (χ2v) is 8.73. The lowest BCUT2D eigenvalue weighted by Gasteiger charge is -2.37. The Morgan fingerprint density at radius 1 is 1.33 bits per heavy atom. The summed E-state index contributed by atoms with van der Waals surface area (Å²) in [6.45, 7) is 7.26. The van der Waals surface area contributed by atoms with Crippen molar-refractivity contribution < 1.29 is 4.74 Å². The summed E-state index contributed by atoms with van der Waals surface area (Å²) in [6.07, 6.45) is 1.71. The molecule has 3 aromatic rings. The van der Waals surface area contributed by atoms with E-state index in [1.807, 2.05) is 25.1 Å². The van der Waals surface area contributed by atoms with Crippen LogP contribution in [-0.2, 0) is 13.5 Å². The quantitative estimate of drug-likeness (QED) is 0.532. The number of hydrogen-bond acceptors (Lipinski definition) is 7. The molecule has 0 saturated carbocycles. The van der Waals surface area contributed by atoms with Crippen molar-refractivity contribution in [3.63, 3.8) is 0 Å². The molecule has 1 aliphatic heterocycles. The molecule has 0 spiro atoms. The average molecular weight is 429 g/mol. The van der Waals surface area contributed by atoms with Crippen molar-refractivity contribution in [2.45, 2.75) is 31.6 Å². The van der Waals surface area contributed by atoms with E-state index in [0.29, 0.717) is 35.1 Å². The van der Waals surface area contributed by atoms with Crippen molar-refractivity contribution in [1.29, 1.82) is 0 Å². The van der Waals surface area contributed by atoms with Gasteiger partial charge in [-0.05, 0) is 56.0 Å². The number of nitrogens with two attached hydrogens (primary N) is 1. The van der Waals surface area contributed by atoms with Crippen molar-refractivity contribution in [2.24, 2.45) is 18.7 Å². The SMILES string of the molecule is CCCc1nn(C)c2c(=O)[nH]c(-c3cc(SN4CC(CN)C4)ccc3OCC)nc12. The third kappa shape index (κ3) is 3.97. The summed E-state index contributed by atoms with van der Waals surface area (Å²) < 4.78 is 9.74. The fraction of sp³-hybridized carbons (Fsp3) is 0.476. The number of nitrogens with one attached hydrogen (secondary N) is 1. The molecule has 160 valence electrons. The Bertz CT molecular complexity index is 1100. The fourth-order valence-corrected chi connectivity index (χ4v) is 4.88. The van der Waals surface area contributed by atoms with E-state index < -0.39 is 0 Å². The van der Waals surface area contributed by atoms with Crippen molar-refractivity contribution in [3.05, 3.63) is 34.2 Å². The molecule has 1 saturated heterocycles. The van der Waals surface area contributed by atoms with Gasteiger partial charge >= 0.3 is 0 Å². The minimum Gasteiger partial charge on any atom is -0.493 e. The molecule has 1 fully saturated rings. The van der Waals surface area contributed by atoms with Gasteiger partial charge in [0.1, 0.15) is 17.1 Å². The van der Waals surface area contributed by atoms with E-state index >= 15 is 0 Å². The minimum atomic E-state index is -0.193. The first-order valence-corrected chi connectivity index (χ1v) is 11.2. The van der Waals surface area contributed by atoms with Crippen molar-refractivity contribution in [2.75, 3.05) is 26.2 Å². The molecule has 0 amide bonds. The number of nitrogens with zero attached hydrogens (tertiary/aromatic N) is 4. The number of hydrogen-bond donors (Lipinski definition) is 2. The van der Waals surface area contributed by atoms with Crippen molar-refractivity contribution in [3.8, 4) is 17.1 Å². The molecule has 3 N–H and O–H groups in total. The summed E-state index contributed by atoms with van der Waals surface area (Å²) in [5, 5.41) is 4.51. The molecule has 3 heterocycles. The highest BCUT2D eigenvalue weighted by molar-refractivity contribution is 7.97. The summed E-state index contributed by atoms with van der Waals surface area (Å²) >= 11 is 1.69. The van der Waals surface area contributed by atoms with Crippen LogP contribution in [0.4, 0.5) is 0 Å². The number of ether oxygens (including phenoxy) is 1. The molecule has 2 aromatic heterocycles. The largest absolute Gasteiger partial charge is 0.493 e. The molecule has 8 nitrogen and oxygen atoms in total. The maximum Gasteiger partial charge on any atom is 0.277 e. The van der Waals surface area contributed by atoms with Gasteiger partial charge < -0.3 is 15.5 Å². The molecule has 0 atom stereocenters. The standard InChI is InChI=1S/C21H28N6O2S/c1-4-6-16-18-19(26(3)25-16)21(28)24-20(23-18)15-9-14(7-8-17(15)29-5-2)30-27-11-13(10-22)12-27/h7-9,13H,4-6,10-12,22H2,1-3H3,(H,23,24,28). The summed E-state index contributed by atoms with van der Waals surface area (Å²) in [5.41, 5.74) is 8.33. The first-order chi connectivity index (χ1) is 14.5. The zero-order valence-electron chi connectivity index (χ0n) is 17.6. The average Bonchev–Trinajstić information content (AvgIpc) is 3.01. The van der Waals surface area contributed by atoms with Gasteiger partial charge in [0.25, 0.3) is 5.56 Å². The van der Waals surface area contributed by atoms with Crippen LogP contribution in [0.2, 0.25) is 0 Å². The van der Waals surface area contributed by atoms with Gasteiger partial charge in [0, 0.05) is 25.0 Å². The summed E-state index contributed by atoms with van der Waals surface area (Å²) in [6, 6.07) is 6.02. The van der Waals surface area contributed by atoms with Gasteiger partial charge in [0.15, 0.2) is 5.52 Å². The van der Waals surface area contributed by atoms with Gasteiger partial charge in [-0.25, -0.2) is 9.29 Å². The van der Waals surface area contributed by atoms with E-state index in [1.165, 1.54) is 0 Å². The third-order valence-corrected chi connectivity index (χ3v) is 6.27. The lowest BCUT2D eigenvalue weighted by molar-refractivity contribution is 0.227. The highest BCUT2D eigenvalue weighted by atomic mass is 32.2. The summed E-state index contributed by atoms with van der Waals surface area (Å²) in [7, 11) is 1.78. The number of H-pyrrole nitrogens is 1. The first kappa shape index (κ1) is 20.9. The Labute approximate surface area is 179 Å². The molecule has 0 aliphatic carbocycles. The fourth-order valence-electron chi connectivity index (χ4n) is 3.71. The smallest absolute Gasteiger partial charge is 0.277 e. The van der Waals surface area contributed by atoms with Crippen LogP contribution in [-0.4, -0.2) is 50.3 Å². The van der Waals surface area contributed by atoms with E-state index in [-0.39, 0.29) is 5.56 Å². The second-order valence-electron chi connectivity index (χ2n) is 7.56. The van der Waals surface area contributed by atoms with Crippen LogP contribution in [0.1, 0.15) is 26.0 Å². The highest BCUT2D eigenvalue weighted by Gasteiger charge is 2.26. The van der Waals surface area contributed by atoms with Gasteiger partial charge in [0.05, 0.1) is 17.9 Å². The zero-order valence-corrected chi connectivity index (χ0v) is 18.5. The Morgan fingerprint density at radius 2 is 2.13 bits per heavy atom. The summed E-state index contributed by atoms with van der Waals surface area (Å²) in [4.78, 5) is 21.7. The second kappa shape index (κ2) is 8.79. The van der Waals surface area contributed by atoms with Gasteiger partial charge in [0.2, 0.25) is 0 Å². The Hall–Kier alpha value is -2.36. The Morgan fingerprint density at radius 3 is 2.83 bits per heavy atom. The number of rotatable bonds is 8. The van der Waals surface area contributed by atoms with Crippen LogP contribution >= 0.6 is 11.9 Å². The van der Waals surface area contributed by atoms with Crippen LogP contribution in [0, 0.1) is 5.92 Å². The summed E-state index contributed by atoms with van der Waals surface area (Å²) in [5.74, 6) is 1.78. The van der Waals surface area contributed by atoms with Gasteiger partial charge in [-0.1, -0.05) is 13.3 Å². The first-order valence-electron chi connectivity index (χ1n) is 10.4. The van der Waals surface area contributed by atoms with E-state index in [4.69, 9.17) is 15.5 Å². The minimum absolute atomic E-state index is 0.193. The molecule has 0 radical (unpaired) electrons. The van der Waals surface area contributed by atoms with Crippen LogP contribution in [0.5, 0.6) is 5.75 Å². The molecule has 1 aliphatic rings. The van der Waals surface area contributed by atoms with Crippen LogP contribution in [0.15, 0.2) is 27.9 Å². The monoisotopic (exact) mass is 428 g/mol. The van der Waals surface area contributed by atoms with Crippen LogP contribution in [0.25, 0.3) is 22.4 Å². The molecule has 0 unspecified atom stereocenters. The number of benzene rings is 1. The normalized spacial score (nSPS) is 14.9. The molecular formula is C21H28N6O2S. The van der Waals surface area contributed by atoms with E-state index in [1.54, 1.807) is 23.7 Å². The lowest BCUT2D eigenvalue weighted by atomic mass is 10.0. The van der Waals surface area contributed by atoms with Gasteiger partial charge in [-0.2, -0.15) is 5.10 Å². The van der Waals surface area contributed by atoms with E-state index in [2.05, 4.69) is 21.3 Å². The Kier molecular flexibility index (Phi) is 6.12. The Balaban J connectivity index is 1.75. The van der Waals surface area contributed by atoms with Gasteiger partial charge in [-0.3, -0.25) is 9.48 Å². The van der Waals surface area contributed by atoms with E-state index in [0.717, 1.165) is 48.6 Å². The van der Waals surface area contributed by atoms with Crippen LogP contribution < -0.4 is 16.0 Å². The lowest BCUT2D eigenvalue weighted by Crippen LogP contribution is -2.45. The molecule has 1 aromatic carbocycles. The predicted octanol–water partition coefficient (Wildman–Crippen LogP) is 2.57. The third-order valence-electron chi connectivity index (χ3n) is 5.25.